The fourth-order valence-corrected chi connectivity index (χ4v) is 2.68. The predicted octanol–water partition coefficient (Wildman–Crippen LogP) is 2.35. The second-order valence-corrected chi connectivity index (χ2v) is 5.97. The number of rotatable bonds is 5. The van der Waals surface area contributed by atoms with E-state index in [0.717, 1.165) is 42.6 Å². The molecule has 0 unspecified atom stereocenters. The maximum absolute atomic E-state index is 11.8. The standard InChI is InChI=1S/C17H25NO3/c1-12-4-3-5-16(13(12)2)21-11-17(20)18-10-14-6-8-15(19)9-7-14/h3-5,14-15,19H,6-11H2,1-2H3,(H,18,20). The van der Waals surface area contributed by atoms with Crippen LogP contribution < -0.4 is 10.1 Å². The van der Waals surface area contributed by atoms with Crippen LogP contribution in [-0.4, -0.2) is 30.3 Å². The second-order valence-electron chi connectivity index (χ2n) is 5.97. The zero-order valence-electron chi connectivity index (χ0n) is 12.9. The van der Waals surface area contributed by atoms with Crippen LogP contribution >= 0.6 is 0 Å². The average Bonchev–Trinajstić information content (AvgIpc) is 2.48. The Labute approximate surface area is 126 Å². The van der Waals surface area contributed by atoms with Gasteiger partial charge in [-0.3, -0.25) is 4.79 Å². The monoisotopic (exact) mass is 291 g/mol. The van der Waals surface area contributed by atoms with Gasteiger partial charge in [-0.1, -0.05) is 12.1 Å². The SMILES string of the molecule is Cc1cccc(OCC(=O)NCC2CCC(O)CC2)c1C. The fraction of sp³-hybridized carbons (Fsp3) is 0.588. The highest BCUT2D eigenvalue weighted by Gasteiger charge is 2.19. The van der Waals surface area contributed by atoms with Crippen molar-refractivity contribution in [3.05, 3.63) is 29.3 Å². The van der Waals surface area contributed by atoms with Gasteiger partial charge in [-0.2, -0.15) is 0 Å². The molecule has 4 heteroatoms. The van der Waals surface area contributed by atoms with Gasteiger partial charge in [0.25, 0.3) is 5.91 Å². The summed E-state index contributed by atoms with van der Waals surface area (Å²) in [6.45, 7) is 4.76. The molecule has 0 aromatic heterocycles. The highest BCUT2D eigenvalue weighted by atomic mass is 16.5. The first-order chi connectivity index (χ1) is 10.1. The van der Waals surface area contributed by atoms with Gasteiger partial charge in [-0.05, 0) is 62.6 Å². The van der Waals surface area contributed by atoms with E-state index in [9.17, 15) is 9.90 Å². The summed E-state index contributed by atoms with van der Waals surface area (Å²) >= 11 is 0. The van der Waals surface area contributed by atoms with Gasteiger partial charge in [0, 0.05) is 6.54 Å². The number of ether oxygens (including phenoxy) is 1. The van der Waals surface area contributed by atoms with Crippen molar-refractivity contribution in [1.29, 1.82) is 0 Å². The minimum absolute atomic E-state index is 0.0552. The van der Waals surface area contributed by atoms with Crippen LogP contribution in [0.15, 0.2) is 18.2 Å². The van der Waals surface area contributed by atoms with Crippen LogP contribution in [0.25, 0.3) is 0 Å². The third-order valence-electron chi connectivity index (χ3n) is 4.32. The fourth-order valence-electron chi connectivity index (χ4n) is 2.68. The van der Waals surface area contributed by atoms with Crippen LogP contribution in [0.3, 0.4) is 0 Å². The molecule has 21 heavy (non-hydrogen) atoms. The zero-order chi connectivity index (χ0) is 15.2. The number of carbonyl (C=O) groups is 1. The molecular weight excluding hydrogens is 266 g/mol. The molecule has 0 saturated heterocycles. The molecule has 116 valence electrons. The molecule has 1 aromatic rings. The molecule has 1 fully saturated rings. The average molecular weight is 291 g/mol. The molecule has 0 aliphatic heterocycles. The van der Waals surface area contributed by atoms with Gasteiger partial charge in [0.05, 0.1) is 6.10 Å². The van der Waals surface area contributed by atoms with Crippen molar-refractivity contribution in [3.63, 3.8) is 0 Å². The Balaban J connectivity index is 1.71. The van der Waals surface area contributed by atoms with Gasteiger partial charge in [0.15, 0.2) is 6.61 Å². The van der Waals surface area contributed by atoms with Crippen molar-refractivity contribution < 1.29 is 14.6 Å². The minimum atomic E-state index is -0.149. The Kier molecular flexibility index (Phi) is 5.62. The van der Waals surface area contributed by atoms with E-state index in [4.69, 9.17) is 4.74 Å². The minimum Gasteiger partial charge on any atom is -0.483 e. The smallest absolute Gasteiger partial charge is 0.257 e. The van der Waals surface area contributed by atoms with Crippen LogP contribution in [0.5, 0.6) is 5.75 Å². The van der Waals surface area contributed by atoms with Crippen molar-refractivity contribution in [1.82, 2.24) is 5.32 Å². The number of amides is 1. The van der Waals surface area contributed by atoms with Crippen LogP contribution in [0, 0.1) is 19.8 Å². The molecular formula is C17H25NO3. The van der Waals surface area contributed by atoms with Crippen LogP contribution in [0.4, 0.5) is 0 Å². The summed E-state index contributed by atoms with van der Waals surface area (Å²) in [6.07, 6.45) is 3.52. The number of nitrogens with one attached hydrogen (secondary N) is 1. The Morgan fingerprint density at radius 2 is 2.00 bits per heavy atom. The molecule has 2 N–H and O–H groups in total. The number of hydrogen-bond donors (Lipinski definition) is 2. The molecule has 0 spiro atoms. The van der Waals surface area contributed by atoms with Crippen LogP contribution in [-0.2, 0) is 4.79 Å². The van der Waals surface area contributed by atoms with Crippen molar-refractivity contribution in [3.8, 4) is 5.75 Å². The summed E-state index contributed by atoms with van der Waals surface area (Å²) in [4.78, 5) is 11.8. The zero-order valence-corrected chi connectivity index (χ0v) is 12.9. The topological polar surface area (TPSA) is 58.6 Å². The van der Waals surface area contributed by atoms with E-state index in [-0.39, 0.29) is 18.6 Å². The molecule has 1 amide bonds. The lowest BCUT2D eigenvalue weighted by Gasteiger charge is -2.25. The first-order valence-electron chi connectivity index (χ1n) is 7.70. The number of hydrogen-bond acceptors (Lipinski definition) is 3. The molecule has 4 nitrogen and oxygen atoms in total. The molecule has 0 atom stereocenters. The van der Waals surface area contributed by atoms with E-state index < -0.39 is 0 Å². The molecule has 1 aromatic carbocycles. The largest absolute Gasteiger partial charge is 0.483 e. The van der Waals surface area contributed by atoms with Gasteiger partial charge in [-0.25, -0.2) is 0 Å². The van der Waals surface area contributed by atoms with E-state index in [0.29, 0.717) is 12.5 Å². The molecule has 1 saturated carbocycles. The highest BCUT2D eigenvalue weighted by molar-refractivity contribution is 5.77. The highest BCUT2D eigenvalue weighted by Crippen LogP contribution is 2.23. The van der Waals surface area contributed by atoms with Crippen molar-refractivity contribution in [2.75, 3.05) is 13.2 Å². The Morgan fingerprint density at radius 1 is 1.29 bits per heavy atom. The predicted molar refractivity (Wildman–Crippen MR) is 82.4 cm³/mol. The van der Waals surface area contributed by atoms with Gasteiger partial charge in [0.2, 0.25) is 0 Å². The van der Waals surface area contributed by atoms with Crippen molar-refractivity contribution >= 4 is 5.91 Å². The summed E-state index contributed by atoms with van der Waals surface area (Å²) in [5, 5.41) is 12.4. The summed E-state index contributed by atoms with van der Waals surface area (Å²) in [7, 11) is 0. The first-order valence-corrected chi connectivity index (χ1v) is 7.70. The molecule has 1 aliphatic carbocycles. The van der Waals surface area contributed by atoms with Crippen LogP contribution in [0.1, 0.15) is 36.8 Å². The van der Waals surface area contributed by atoms with Gasteiger partial charge in [-0.15, -0.1) is 0 Å². The lowest BCUT2D eigenvalue weighted by Crippen LogP contribution is -2.35. The maximum atomic E-state index is 11.8. The third-order valence-corrected chi connectivity index (χ3v) is 4.32. The van der Waals surface area contributed by atoms with E-state index in [1.807, 2.05) is 32.0 Å². The molecule has 0 heterocycles. The number of aliphatic hydroxyl groups is 1. The van der Waals surface area contributed by atoms with E-state index in [1.54, 1.807) is 0 Å². The van der Waals surface area contributed by atoms with Gasteiger partial charge in [0.1, 0.15) is 5.75 Å². The molecule has 2 rings (SSSR count). The Morgan fingerprint density at radius 3 is 2.71 bits per heavy atom. The normalized spacial score (nSPS) is 21.9. The summed E-state index contributed by atoms with van der Waals surface area (Å²) in [5.74, 6) is 1.17. The Bertz CT molecular complexity index is 479. The van der Waals surface area contributed by atoms with Crippen molar-refractivity contribution in [2.24, 2.45) is 5.92 Å². The Hall–Kier alpha value is -1.55. The quantitative estimate of drug-likeness (QED) is 0.875. The van der Waals surface area contributed by atoms with Crippen LogP contribution in [0.2, 0.25) is 0 Å². The first kappa shape index (κ1) is 15.8. The number of benzene rings is 1. The second kappa shape index (κ2) is 7.46. The molecule has 0 bridgehead atoms. The number of aryl methyl sites for hydroxylation is 1. The number of carbonyl (C=O) groups excluding carboxylic acids is 1. The van der Waals surface area contributed by atoms with E-state index in [1.165, 1.54) is 0 Å². The number of aliphatic hydroxyl groups excluding tert-OH is 1. The van der Waals surface area contributed by atoms with E-state index in [2.05, 4.69) is 5.32 Å². The van der Waals surface area contributed by atoms with Gasteiger partial charge >= 0.3 is 0 Å². The van der Waals surface area contributed by atoms with Gasteiger partial charge < -0.3 is 15.2 Å². The van der Waals surface area contributed by atoms with Crippen molar-refractivity contribution in [2.45, 2.75) is 45.6 Å². The molecule has 1 aliphatic rings. The van der Waals surface area contributed by atoms with E-state index >= 15 is 0 Å². The summed E-state index contributed by atoms with van der Waals surface area (Å²) in [6, 6.07) is 5.85. The summed E-state index contributed by atoms with van der Waals surface area (Å²) in [5.41, 5.74) is 2.24. The summed E-state index contributed by atoms with van der Waals surface area (Å²) < 4.78 is 5.58. The lowest BCUT2D eigenvalue weighted by atomic mass is 9.87. The maximum Gasteiger partial charge on any atom is 0.257 e. The third kappa shape index (κ3) is 4.74. The molecule has 0 radical (unpaired) electrons. The lowest BCUT2D eigenvalue weighted by molar-refractivity contribution is -0.123.